The van der Waals surface area contributed by atoms with E-state index < -0.39 is 17.2 Å². The molecule has 158 valence electrons. The van der Waals surface area contributed by atoms with Crippen molar-refractivity contribution >= 4 is 16.9 Å². The van der Waals surface area contributed by atoms with Crippen molar-refractivity contribution in [1.29, 1.82) is 0 Å². The first-order valence-corrected chi connectivity index (χ1v) is 9.97. The molecule has 3 rings (SSSR count). The first-order chi connectivity index (χ1) is 14.6. The van der Waals surface area contributed by atoms with Gasteiger partial charge in [0.2, 0.25) is 5.91 Å². The molecule has 0 atom stereocenters. The SMILES string of the molecule is CCOCCCNC(=O)Cn1c(=O)c2cnc(-c3ccccc3)nc2n(CC)c1=O. The molecule has 9 nitrogen and oxygen atoms in total. The number of aromatic nitrogens is 4. The van der Waals surface area contributed by atoms with E-state index in [1.807, 2.05) is 37.3 Å². The molecule has 3 aromatic rings. The Bertz CT molecular complexity index is 1140. The topological polar surface area (TPSA) is 108 Å². The smallest absolute Gasteiger partial charge is 0.333 e. The molecule has 0 radical (unpaired) electrons. The summed E-state index contributed by atoms with van der Waals surface area (Å²) in [4.78, 5) is 46.8. The van der Waals surface area contributed by atoms with Crippen LogP contribution in [0, 0.1) is 0 Å². The fourth-order valence-corrected chi connectivity index (χ4v) is 3.09. The quantitative estimate of drug-likeness (QED) is 0.530. The molecule has 1 aromatic carbocycles. The summed E-state index contributed by atoms with van der Waals surface area (Å²) in [5.41, 5.74) is -0.110. The van der Waals surface area contributed by atoms with Gasteiger partial charge in [-0.05, 0) is 20.3 Å². The third kappa shape index (κ3) is 4.62. The predicted molar refractivity (Wildman–Crippen MR) is 113 cm³/mol. The Morgan fingerprint density at radius 3 is 2.60 bits per heavy atom. The molecule has 0 aliphatic rings. The number of ether oxygens (including phenoxy) is 1. The summed E-state index contributed by atoms with van der Waals surface area (Å²) in [7, 11) is 0. The van der Waals surface area contributed by atoms with Crippen LogP contribution in [0.2, 0.25) is 0 Å². The van der Waals surface area contributed by atoms with Crippen molar-refractivity contribution in [2.75, 3.05) is 19.8 Å². The van der Waals surface area contributed by atoms with Crippen LogP contribution in [-0.2, 0) is 22.6 Å². The summed E-state index contributed by atoms with van der Waals surface area (Å²) in [6.45, 7) is 5.19. The van der Waals surface area contributed by atoms with Crippen LogP contribution >= 0.6 is 0 Å². The van der Waals surface area contributed by atoms with Gasteiger partial charge in [-0.2, -0.15) is 0 Å². The monoisotopic (exact) mass is 411 g/mol. The molecule has 1 amide bonds. The number of carbonyl (C=O) groups excluding carboxylic acids is 1. The first kappa shape index (κ1) is 21.4. The fraction of sp³-hybridized carbons (Fsp3) is 0.381. The number of benzene rings is 1. The molecular weight excluding hydrogens is 386 g/mol. The van der Waals surface area contributed by atoms with Gasteiger partial charge in [0.15, 0.2) is 11.5 Å². The summed E-state index contributed by atoms with van der Waals surface area (Å²) in [6.07, 6.45) is 2.07. The average Bonchev–Trinajstić information content (AvgIpc) is 2.77. The van der Waals surface area contributed by atoms with Crippen LogP contribution < -0.4 is 16.6 Å². The summed E-state index contributed by atoms with van der Waals surface area (Å²) < 4.78 is 7.53. The summed E-state index contributed by atoms with van der Waals surface area (Å²) in [5, 5.41) is 2.90. The lowest BCUT2D eigenvalue weighted by molar-refractivity contribution is -0.121. The molecule has 0 bridgehead atoms. The van der Waals surface area contributed by atoms with Crippen LogP contribution in [0.3, 0.4) is 0 Å². The van der Waals surface area contributed by atoms with Crippen molar-refractivity contribution in [2.45, 2.75) is 33.4 Å². The van der Waals surface area contributed by atoms with Gasteiger partial charge >= 0.3 is 5.69 Å². The van der Waals surface area contributed by atoms with Crippen LogP contribution in [0.1, 0.15) is 20.3 Å². The highest BCUT2D eigenvalue weighted by molar-refractivity contribution is 5.78. The van der Waals surface area contributed by atoms with Crippen molar-refractivity contribution in [1.82, 2.24) is 24.4 Å². The highest BCUT2D eigenvalue weighted by Crippen LogP contribution is 2.15. The fourth-order valence-electron chi connectivity index (χ4n) is 3.09. The van der Waals surface area contributed by atoms with Gasteiger partial charge in [0.25, 0.3) is 5.56 Å². The van der Waals surface area contributed by atoms with Gasteiger partial charge in [-0.1, -0.05) is 30.3 Å². The van der Waals surface area contributed by atoms with Gasteiger partial charge in [0.1, 0.15) is 11.9 Å². The second kappa shape index (κ2) is 9.93. The second-order valence-corrected chi connectivity index (χ2v) is 6.62. The Morgan fingerprint density at radius 2 is 1.90 bits per heavy atom. The Morgan fingerprint density at radius 1 is 1.13 bits per heavy atom. The lowest BCUT2D eigenvalue weighted by Gasteiger charge is -2.12. The number of fused-ring (bicyclic) bond motifs is 1. The first-order valence-electron chi connectivity index (χ1n) is 9.97. The number of rotatable bonds is 9. The van der Waals surface area contributed by atoms with Crippen molar-refractivity contribution < 1.29 is 9.53 Å². The van der Waals surface area contributed by atoms with Gasteiger partial charge in [-0.3, -0.25) is 18.7 Å². The van der Waals surface area contributed by atoms with E-state index >= 15 is 0 Å². The van der Waals surface area contributed by atoms with E-state index in [1.165, 1.54) is 10.8 Å². The zero-order valence-electron chi connectivity index (χ0n) is 17.1. The molecule has 9 heteroatoms. The van der Waals surface area contributed by atoms with E-state index in [0.29, 0.717) is 38.5 Å². The van der Waals surface area contributed by atoms with Crippen LogP contribution in [0.4, 0.5) is 0 Å². The largest absolute Gasteiger partial charge is 0.382 e. The van der Waals surface area contributed by atoms with Crippen LogP contribution in [-0.4, -0.2) is 44.8 Å². The lowest BCUT2D eigenvalue weighted by Crippen LogP contribution is -2.44. The minimum absolute atomic E-state index is 0.195. The van der Waals surface area contributed by atoms with Crippen LogP contribution in [0.15, 0.2) is 46.1 Å². The Kier molecular flexibility index (Phi) is 7.08. The van der Waals surface area contributed by atoms with Gasteiger partial charge in [-0.15, -0.1) is 0 Å². The van der Waals surface area contributed by atoms with Crippen LogP contribution in [0.25, 0.3) is 22.4 Å². The van der Waals surface area contributed by atoms with E-state index in [2.05, 4.69) is 15.3 Å². The Balaban J connectivity index is 1.92. The Hall–Kier alpha value is -3.33. The van der Waals surface area contributed by atoms with E-state index in [0.717, 1.165) is 10.1 Å². The molecule has 0 aliphatic carbocycles. The van der Waals surface area contributed by atoms with Crippen molar-refractivity contribution in [3.63, 3.8) is 0 Å². The second-order valence-electron chi connectivity index (χ2n) is 6.62. The molecule has 30 heavy (non-hydrogen) atoms. The zero-order chi connectivity index (χ0) is 21.5. The van der Waals surface area contributed by atoms with E-state index in [1.54, 1.807) is 6.92 Å². The molecular formula is C21H25N5O4. The highest BCUT2D eigenvalue weighted by atomic mass is 16.5. The van der Waals surface area contributed by atoms with E-state index in [4.69, 9.17) is 4.74 Å². The Labute approximate surface area is 173 Å². The minimum atomic E-state index is -0.580. The average molecular weight is 411 g/mol. The number of carbonyl (C=O) groups is 1. The number of nitrogens with zero attached hydrogens (tertiary/aromatic N) is 4. The number of nitrogens with one attached hydrogen (secondary N) is 1. The number of hydrogen-bond acceptors (Lipinski definition) is 6. The lowest BCUT2D eigenvalue weighted by atomic mass is 10.2. The molecule has 0 spiro atoms. The maximum absolute atomic E-state index is 12.9. The molecule has 0 saturated heterocycles. The summed E-state index contributed by atoms with van der Waals surface area (Å²) >= 11 is 0. The molecule has 0 saturated carbocycles. The maximum atomic E-state index is 12.9. The molecule has 2 aromatic heterocycles. The zero-order valence-corrected chi connectivity index (χ0v) is 17.1. The van der Waals surface area contributed by atoms with E-state index in [-0.39, 0.29) is 17.6 Å². The van der Waals surface area contributed by atoms with Crippen molar-refractivity contribution in [2.24, 2.45) is 0 Å². The third-order valence-electron chi connectivity index (χ3n) is 4.60. The highest BCUT2D eigenvalue weighted by Gasteiger charge is 2.17. The summed E-state index contributed by atoms with van der Waals surface area (Å²) in [6, 6.07) is 9.31. The van der Waals surface area contributed by atoms with Gasteiger partial charge in [0, 0.05) is 38.1 Å². The molecule has 0 unspecified atom stereocenters. The number of hydrogen-bond donors (Lipinski definition) is 1. The third-order valence-corrected chi connectivity index (χ3v) is 4.60. The van der Waals surface area contributed by atoms with Crippen molar-refractivity contribution in [3.8, 4) is 11.4 Å². The van der Waals surface area contributed by atoms with Gasteiger partial charge in [0.05, 0.1) is 0 Å². The van der Waals surface area contributed by atoms with E-state index in [9.17, 15) is 14.4 Å². The molecule has 2 heterocycles. The predicted octanol–water partition coefficient (Wildman–Crippen LogP) is 1.18. The van der Waals surface area contributed by atoms with Crippen LogP contribution in [0.5, 0.6) is 0 Å². The minimum Gasteiger partial charge on any atom is -0.382 e. The standard InChI is InChI=1S/C21H25N5O4/c1-3-25-19-16(13-23-18(24-19)15-9-6-5-7-10-15)20(28)26(21(25)29)14-17(27)22-11-8-12-30-4-2/h5-7,9-10,13H,3-4,8,11-12,14H2,1-2H3,(H,22,27). The van der Waals surface area contributed by atoms with Gasteiger partial charge < -0.3 is 10.1 Å². The molecule has 1 N–H and O–H groups in total. The van der Waals surface area contributed by atoms with Gasteiger partial charge in [-0.25, -0.2) is 14.8 Å². The summed E-state index contributed by atoms with van der Waals surface area (Å²) in [5.74, 6) is 0.0171. The number of amides is 1. The normalized spacial score (nSPS) is 11.0. The number of aryl methyl sites for hydroxylation is 1. The molecule has 0 fully saturated rings. The molecule has 0 aliphatic heterocycles. The maximum Gasteiger partial charge on any atom is 0.333 e. The van der Waals surface area contributed by atoms with Crippen molar-refractivity contribution in [3.05, 3.63) is 57.4 Å².